The van der Waals surface area contributed by atoms with Crippen LogP contribution in [0.1, 0.15) is 86.3 Å². The van der Waals surface area contributed by atoms with Crippen LogP contribution in [0, 0.1) is 11.6 Å². The van der Waals surface area contributed by atoms with Gasteiger partial charge < -0.3 is 38.4 Å². The molecule has 2 aromatic carbocycles. The van der Waals surface area contributed by atoms with E-state index in [0.29, 0.717) is 78.2 Å². The fraction of sp³-hybridized carbons (Fsp3) is 0.259. The van der Waals surface area contributed by atoms with Crippen LogP contribution in [0.25, 0.3) is 68.6 Å². The first-order valence-corrected chi connectivity index (χ1v) is 23.9. The molecule has 0 spiro atoms. The number of benzene rings is 2. The zero-order valence-corrected chi connectivity index (χ0v) is 39.8. The maximum atomic E-state index is 14.7. The van der Waals surface area contributed by atoms with E-state index in [0.717, 1.165) is 0 Å². The lowest BCUT2D eigenvalue weighted by atomic mass is 9.99. The summed E-state index contributed by atoms with van der Waals surface area (Å²) >= 11 is 0. The van der Waals surface area contributed by atoms with Gasteiger partial charge in [-0.3, -0.25) is 28.7 Å². The molecule has 18 nitrogen and oxygen atoms in total. The molecule has 4 saturated heterocycles. The van der Waals surface area contributed by atoms with Gasteiger partial charge >= 0.3 is 11.4 Å². The van der Waals surface area contributed by atoms with Gasteiger partial charge in [0, 0.05) is 68.8 Å². The van der Waals surface area contributed by atoms with E-state index in [4.69, 9.17) is 38.4 Å². The molecule has 4 fully saturated rings. The van der Waals surface area contributed by atoms with Gasteiger partial charge in [-0.1, -0.05) is 24.3 Å². The van der Waals surface area contributed by atoms with Crippen molar-refractivity contribution in [1.82, 2.24) is 39.0 Å². The van der Waals surface area contributed by atoms with Gasteiger partial charge in [0.05, 0.1) is 22.8 Å². The van der Waals surface area contributed by atoms with Crippen molar-refractivity contribution < 1.29 is 37.2 Å². The number of aromatic nitrogens is 8. The smallest absolute Gasteiger partial charge is 0.330 e. The fourth-order valence-corrected chi connectivity index (χ4v) is 11.0. The van der Waals surface area contributed by atoms with Gasteiger partial charge in [-0.15, -0.1) is 0 Å². The minimum Gasteiger partial charge on any atom is -0.355 e. The Kier molecular flexibility index (Phi) is 10.4. The molecule has 13 rings (SSSR count). The zero-order chi connectivity index (χ0) is 50.9. The van der Waals surface area contributed by atoms with Crippen LogP contribution in [0.5, 0.6) is 0 Å². The van der Waals surface area contributed by atoms with Crippen molar-refractivity contribution in [2.45, 2.75) is 88.3 Å². The Morgan fingerprint density at radius 3 is 1.26 bits per heavy atom. The van der Waals surface area contributed by atoms with E-state index in [1.54, 1.807) is 52.0 Å². The standard InChI is InChI=1S/C54H44F2N8O10/c1-53(2)71-45-43(69-49(47(45)73-53)63-23-21-37(65)61-51(63)67)41-33-17-13-29(57-33)39(25-5-9-27(55)10-6-25)31-15-19-35(59-31)42(44-46-48(74-54(3,4)72-46)50(70-44)64-24-22-38(66)62-52(64)68)36-20-16-32(60-36)40(30-14-18-34(41)58-30)26-7-11-28(56)12-8-26/h5-24,43-50,57-58H,1-4H3,(H,61,65,67)(H,62,66,68)/t43-,44-,45-,46-,47-,48-,49-,50-/m1/s1. The zero-order valence-electron chi connectivity index (χ0n) is 39.8. The molecule has 7 aromatic rings. The third-order valence-corrected chi connectivity index (χ3v) is 14.0. The molecule has 8 bridgehead atoms. The molecule has 5 aromatic heterocycles. The van der Waals surface area contributed by atoms with E-state index in [9.17, 15) is 28.0 Å². The van der Waals surface area contributed by atoms with E-state index in [1.165, 1.54) is 57.9 Å². The monoisotopic (exact) mass is 1000 g/mol. The number of H-pyrrole nitrogens is 4. The summed E-state index contributed by atoms with van der Waals surface area (Å²) in [4.78, 5) is 73.7. The molecule has 0 amide bonds. The summed E-state index contributed by atoms with van der Waals surface area (Å²) in [5.74, 6) is -3.10. The number of halogens is 2. The highest BCUT2D eigenvalue weighted by Gasteiger charge is 2.59. The summed E-state index contributed by atoms with van der Waals surface area (Å²) in [6.45, 7) is 7.08. The van der Waals surface area contributed by atoms with Gasteiger partial charge in [-0.05, 0) is 112 Å². The lowest BCUT2D eigenvalue weighted by molar-refractivity contribution is -0.198. The van der Waals surface area contributed by atoms with E-state index in [2.05, 4.69) is 19.9 Å². The van der Waals surface area contributed by atoms with Crippen molar-refractivity contribution >= 4 is 46.4 Å². The summed E-state index contributed by atoms with van der Waals surface area (Å²) in [6.07, 6.45) is 2.78. The van der Waals surface area contributed by atoms with Crippen LogP contribution in [0.4, 0.5) is 8.78 Å². The molecule has 374 valence electrons. The maximum Gasteiger partial charge on any atom is 0.330 e. The number of aromatic amines is 4. The molecular formula is C54H44F2N8O10. The number of nitrogens with one attached hydrogen (secondary N) is 4. The number of hydrogen-bond donors (Lipinski definition) is 4. The molecule has 11 heterocycles. The molecule has 6 aliphatic heterocycles. The average molecular weight is 1000 g/mol. The van der Waals surface area contributed by atoms with E-state index in [-0.39, 0.29) is 0 Å². The number of hydrogen-bond acceptors (Lipinski definition) is 12. The molecule has 0 radical (unpaired) electrons. The first-order chi connectivity index (χ1) is 35.5. The Morgan fingerprint density at radius 2 is 0.838 bits per heavy atom. The Bertz CT molecular complexity index is 3820. The SMILES string of the molecule is CC1(C)O[C@@H]2[C@H](O1)[C@@H](c1c3nc(c(-c4ccc(F)cc4)c4ccc([nH]4)c([C@H]4O[C@@H](n5ccc(=O)[nH]c5=O)[C@@H]5OC(C)(C)O[C@@H]54)c4ccc([nH]4)c(-c4ccc(F)cc4)c4nc1C=C4)C=C3)O[C@H]2n1ccc(=O)[nH]c1=O. The summed E-state index contributed by atoms with van der Waals surface area (Å²) in [5, 5.41) is 0. The molecule has 20 heteroatoms. The van der Waals surface area contributed by atoms with Crippen LogP contribution in [0.2, 0.25) is 0 Å². The van der Waals surface area contributed by atoms with Crippen molar-refractivity contribution in [3.63, 3.8) is 0 Å². The van der Waals surface area contributed by atoms with Crippen LogP contribution in [-0.2, 0) is 28.4 Å². The van der Waals surface area contributed by atoms with Gasteiger partial charge in [0.1, 0.15) is 48.3 Å². The number of fused-ring (bicyclic) bond motifs is 10. The topological polar surface area (TPSA) is 222 Å². The lowest BCUT2D eigenvalue weighted by Crippen LogP contribution is -2.37. The van der Waals surface area contributed by atoms with Crippen molar-refractivity contribution in [3.05, 3.63) is 185 Å². The van der Waals surface area contributed by atoms with Gasteiger partial charge in [-0.25, -0.2) is 28.3 Å². The van der Waals surface area contributed by atoms with E-state index < -0.39 is 94.8 Å². The normalized spacial score (nSPS) is 25.2. The minimum atomic E-state index is -1.12. The number of rotatable bonds is 6. The van der Waals surface area contributed by atoms with Crippen LogP contribution in [0.3, 0.4) is 0 Å². The minimum absolute atomic E-state index is 0.433. The van der Waals surface area contributed by atoms with Crippen molar-refractivity contribution in [1.29, 1.82) is 0 Å². The average Bonchev–Trinajstić information content (AvgIpc) is 4.23. The highest BCUT2D eigenvalue weighted by atomic mass is 19.1. The van der Waals surface area contributed by atoms with Crippen molar-refractivity contribution in [3.8, 4) is 22.3 Å². The molecule has 0 saturated carbocycles. The molecule has 6 aliphatic rings. The third-order valence-electron chi connectivity index (χ3n) is 14.0. The predicted molar refractivity (Wildman–Crippen MR) is 266 cm³/mol. The van der Waals surface area contributed by atoms with Crippen LogP contribution < -0.4 is 22.5 Å². The van der Waals surface area contributed by atoms with Crippen molar-refractivity contribution in [2.24, 2.45) is 0 Å². The van der Waals surface area contributed by atoms with Gasteiger partial charge in [0.25, 0.3) is 11.1 Å². The first kappa shape index (κ1) is 45.9. The molecule has 8 atom stereocenters. The molecular weight excluding hydrogens is 959 g/mol. The fourth-order valence-electron chi connectivity index (χ4n) is 11.0. The van der Waals surface area contributed by atoms with Crippen LogP contribution in [-0.4, -0.2) is 75.0 Å². The van der Waals surface area contributed by atoms with E-state index in [1.807, 2.05) is 48.6 Å². The quantitative estimate of drug-likeness (QED) is 0.127. The second-order valence-electron chi connectivity index (χ2n) is 19.7. The Hall–Kier alpha value is -7.98. The number of nitrogens with zero attached hydrogens (tertiary/aromatic N) is 4. The van der Waals surface area contributed by atoms with Gasteiger partial charge in [0.15, 0.2) is 24.0 Å². The lowest BCUT2D eigenvalue weighted by Gasteiger charge is -2.25. The van der Waals surface area contributed by atoms with Gasteiger partial charge in [-0.2, -0.15) is 0 Å². The second-order valence-corrected chi connectivity index (χ2v) is 19.7. The molecule has 4 N–H and O–H groups in total. The van der Waals surface area contributed by atoms with Gasteiger partial charge in [0.2, 0.25) is 0 Å². The highest BCUT2D eigenvalue weighted by molar-refractivity contribution is 5.94. The third kappa shape index (κ3) is 7.67. The Morgan fingerprint density at radius 1 is 0.459 bits per heavy atom. The summed E-state index contributed by atoms with van der Waals surface area (Å²) in [6, 6.07) is 22.1. The van der Waals surface area contributed by atoms with Crippen LogP contribution in [0.15, 0.2) is 117 Å². The molecule has 0 unspecified atom stereocenters. The van der Waals surface area contributed by atoms with E-state index >= 15 is 0 Å². The van der Waals surface area contributed by atoms with Crippen LogP contribution >= 0.6 is 0 Å². The second kappa shape index (κ2) is 16.8. The Labute approximate surface area is 416 Å². The van der Waals surface area contributed by atoms with Crippen molar-refractivity contribution in [2.75, 3.05) is 0 Å². The Balaban J connectivity index is 1.10. The predicted octanol–water partition coefficient (Wildman–Crippen LogP) is 7.55. The first-order valence-electron chi connectivity index (χ1n) is 23.9. The largest absolute Gasteiger partial charge is 0.355 e. The summed E-state index contributed by atoms with van der Waals surface area (Å²) < 4.78 is 71.8. The summed E-state index contributed by atoms with van der Waals surface area (Å²) in [5.41, 5.74) is 5.08. The molecule has 0 aliphatic carbocycles. The number of ether oxygens (including phenoxy) is 6. The molecule has 74 heavy (non-hydrogen) atoms. The summed E-state index contributed by atoms with van der Waals surface area (Å²) in [7, 11) is 0. The highest BCUT2D eigenvalue weighted by Crippen LogP contribution is 2.52. The maximum absolute atomic E-state index is 14.7.